The maximum absolute atomic E-state index is 12.9. The maximum Gasteiger partial charge on any atom is 0.297 e. The van der Waals surface area contributed by atoms with E-state index in [2.05, 4.69) is 15.3 Å². The highest BCUT2D eigenvalue weighted by molar-refractivity contribution is 5.50. The summed E-state index contributed by atoms with van der Waals surface area (Å²) < 4.78 is 7.04. The first-order valence-corrected chi connectivity index (χ1v) is 12.3. The lowest BCUT2D eigenvalue weighted by molar-refractivity contribution is 0.133. The highest BCUT2D eigenvalue weighted by Gasteiger charge is 2.25. The Morgan fingerprint density at radius 1 is 1.03 bits per heavy atom. The number of nitrogens with one attached hydrogen (secondary N) is 1. The molecule has 37 heavy (non-hydrogen) atoms. The zero-order chi connectivity index (χ0) is 26.8. The summed E-state index contributed by atoms with van der Waals surface area (Å²) in [6, 6.07) is 23.2. The van der Waals surface area contributed by atoms with Gasteiger partial charge >= 0.3 is 0 Å². The molecule has 1 atom stereocenters. The Morgan fingerprint density at radius 3 is 2.38 bits per heavy atom. The van der Waals surface area contributed by atoms with Crippen LogP contribution in [0.3, 0.4) is 0 Å². The van der Waals surface area contributed by atoms with Crippen LogP contribution in [0.5, 0.6) is 5.75 Å². The number of hydrogen-bond acceptors (Lipinski definition) is 7. The molecule has 194 valence electrons. The number of rotatable bonds is 9. The zero-order valence-corrected chi connectivity index (χ0v) is 22.0. The second kappa shape index (κ2) is 13.2. The molecule has 8 heteroatoms. The van der Waals surface area contributed by atoms with Crippen molar-refractivity contribution in [2.75, 3.05) is 24.0 Å². The van der Waals surface area contributed by atoms with Crippen LogP contribution < -0.4 is 15.8 Å². The van der Waals surface area contributed by atoms with Crippen molar-refractivity contribution in [3.63, 3.8) is 0 Å². The minimum absolute atomic E-state index is 0.0266. The zero-order valence-electron chi connectivity index (χ0n) is 22.0. The molecule has 0 aliphatic heterocycles. The number of aryl methyl sites for hydroxylation is 1. The van der Waals surface area contributed by atoms with Crippen molar-refractivity contribution in [1.82, 2.24) is 14.5 Å². The summed E-state index contributed by atoms with van der Waals surface area (Å²) in [5, 5.41) is 13.7. The van der Waals surface area contributed by atoms with E-state index in [9.17, 15) is 9.90 Å². The van der Waals surface area contributed by atoms with Crippen LogP contribution in [0.25, 0.3) is 0 Å². The molecule has 8 nitrogen and oxygen atoms in total. The van der Waals surface area contributed by atoms with Gasteiger partial charge in [0, 0.05) is 26.0 Å². The highest BCUT2D eigenvalue weighted by atomic mass is 16.5. The molecule has 2 N–H and O–H groups in total. The van der Waals surface area contributed by atoms with Crippen LogP contribution in [0, 0.1) is 6.92 Å². The summed E-state index contributed by atoms with van der Waals surface area (Å²) in [5.74, 6) is -0.0348. The van der Waals surface area contributed by atoms with Crippen molar-refractivity contribution in [1.29, 1.82) is 0 Å². The second-order valence-electron chi connectivity index (χ2n) is 8.23. The molecular formula is C29H35N5O3. The van der Waals surface area contributed by atoms with E-state index in [1.807, 2.05) is 106 Å². The Labute approximate surface area is 218 Å². The monoisotopic (exact) mass is 501 g/mol. The number of aromatic hydroxyl groups is 1. The summed E-state index contributed by atoms with van der Waals surface area (Å²) in [6.45, 7) is 6.18. The van der Waals surface area contributed by atoms with Crippen molar-refractivity contribution in [3.05, 3.63) is 112 Å². The van der Waals surface area contributed by atoms with Crippen LogP contribution in [0.2, 0.25) is 0 Å². The van der Waals surface area contributed by atoms with Crippen LogP contribution in [0.1, 0.15) is 42.4 Å². The normalized spacial score (nSPS) is 11.3. The number of ether oxygens (including phenoxy) is 1. The minimum Gasteiger partial charge on any atom is -0.502 e. The molecule has 2 heterocycles. The Balaban J connectivity index is 0.00000186. The fraction of sp³-hybridized carbons (Fsp3) is 0.276. The third-order valence-electron chi connectivity index (χ3n) is 5.85. The molecule has 0 saturated heterocycles. The van der Waals surface area contributed by atoms with E-state index in [0.717, 1.165) is 22.5 Å². The molecule has 4 aromatic rings. The summed E-state index contributed by atoms with van der Waals surface area (Å²) in [5.41, 5.74) is 3.49. The first kappa shape index (κ1) is 27.4. The predicted octanol–water partition coefficient (Wildman–Crippen LogP) is 5.03. The highest BCUT2D eigenvalue weighted by Crippen LogP contribution is 2.30. The van der Waals surface area contributed by atoms with Crippen LogP contribution >= 0.6 is 0 Å². The number of para-hydroxylation sites is 1. The largest absolute Gasteiger partial charge is 0.502 e. The van der Waals surface area contributed by atoms with Crippen LogP contribution in [0.4, 0.5) is 11.6 Å². The molecule has 0 amide bonds. The van der Waals surface area contributed by atoms with Gasteiger partial charge in [0.05, 0.1) is 18.3 Å². The number of aromatic nitrogens is 3. The van der Waals surface area contributed by atoms with Gasteiger partial charge in [-0.1, -0.05) is 68.4 Å². The smallest absolute Gasteiger partial charge is 0.297 e. The lowest BCUT2D eigenvalue weighted by Gasteiger charge is -2.30. The third-order valence-corrected chi connectivity index (χ3v) is 5.85. The number of pyridine rings is 1. The second-order valence-corrected chi connectivity index (χ2v) is 8.23. The van der Waals surface area contributed by atoms with Gasteiger partial charge in [-0.25, -0.2) is 4.98 Å². The minimum atomic E-state index is -0.542. The van der Waals surface area contributed by atoms with Crippen LogP contribution in [-0.2, 0) is 18.4 Å². The molecule has 0 radical (unpaired) electrons. The Kier molecular flexibility index (Phi) is 9.80. The standard InChI is InChI=1S/C27H29N5O3.C2H6/c1-19-11-7-8-14-21(19)29-18-35-17-23-25(33)26(34)32(3)27(30-23)31(2)24(20-12-5-4-6-13-20)22-15-9-10-16-28-22;1-2/h4-16,24,29,33H,17-18H2,1-3H3;1-2H3. The van der Waals surface area contributed by atoms with Gasteiger partial charge < -0.3 is 20.1 Å². The van der Waals surface area contributed by atoms with Gasteiger partial charge in [0.1, 0.15) is 12.4 Å². The van der Waals surface area contributed by atoms with Gasteiger partial charge in [0.25, 0.3) is 5.56 Å². The number of nitrogens with zero attached hydrogens (tertiary/aromatic N) is 4. The van der Waals surface area contributed by atoms with E-state index in [1.165, 1.54) is 4.57 Å². The lowest BCUT2D eigenvalue weighted by Crippen LogP contribution is -2.33. The first-order valence-electron chi connectivity index (χ1n) is 12.3. The van der Waals surface area contributed by atoms with E-state index in [4.69, 9.17) is 4.74 Å². The summed E-state index contributed by atoms with van der Waals surface area (Å²) in [6.07, 6.45) is 1.74. The first-order chi connectivity index (χ1) is 18.0. The molecule has 0 aliphatic carbocycles. The van der Waals surface area contributed by atoms with E-state index in [1.54, 1.807) is 13.2 Å². The van der Waals surface area contributed by atoms with Gasteiger partial charge in [-0.2, -0.15) is 0 Å². The number of hydrogen-bond donors (Lipinski definition) is 2. The van der Waals surface area contributed by atoms with Gasteiger partial charge in [-0.15, -0.1) is 0 Å². The van der Waals surface area contributed by atoms with Crippen molar-refractivity contribution in [3.8, 4) is 5.75 Å². The SMILES string of the molecule is CC.Cc1ccccc1NCOCc1nc(N(C)C(c2ccccc2)c2ccccn2)n(C)c(=O)c1O. The molecule has 0 saturated carbocycles. The lowest BCUT2D eigenvalue weighted by atomic mass is 10.0. The Hall–Kier alpha value is -4.17. The van der Waals surface area contributed by atoms with E-state index in [0.29, 0.717) is 5.95 Å². The van der Waals surface area contributed by atoms with Crippen molar-refractivity contribution >= 4 is 11.6 Å². The molecule has 2 aromatic carbocycles. The van der Waals surface area contributed by atoms with Crippen molar-refractivity contribution in [2.45, 2.75) is 33.4 Å². The van der Waals surface area contributed by atoms with Crippen LogP contribution in [0.15, 0.2) is 83.8 Å². The maximum atomic E-state index is 12.9. The molecule has 0 spiro atoms. The van der Waals surface area contributed by atoms with E-state index >= 15 is 0 Å². The summed E-state index contributed by atoms with van der Waals surface area (Å²) in [4.78, 5) is 23.9. The van der Waals surface area contributed by atoms with Gasteiger partial charge in [-0.05, 0) is 36.2 Å². The number of anilines is 2. The average molecular weight is 502 g/mol. The van der Waals surface area contributed by atoms with Gasteiger partial charge in [0.2, 0.25) is 11.7 Å². The fourth-order valence-electron chi connectivity index (χ4n) is 3.97. The summed E-state index contributed by atoms with van der Waals surface area (Å²) >= 11 is 0. The average Bonchev–Trinajstić information content (AvgIpc) is 2.94. The molecular weight excluding hydrogens is 466 g/mol. The van der Waals surface area contributed by atoms with Gasteiger partial charge in [0.15, 0.2) is 0 Å². The molecule has 4 rings (SSSR count). The van der Waals surface area contributed by atoms with Crippen molar-refractivity contribution < 1.29 is 9.84 Å². The molecule has 0 bridgehead atoms. The van der Waals surface area contributed by atoms with Crippen molar-refractivity contribution in [2.24, 2.45) is 7.05 Å². The predicted molar refractivity (Wildman–Crippen MR) is 148 cm³/mol. The Bertz CT molecular complexity index is 1290. The van der Waals surface area contributed by atoms with Gasteiger partial charge in [-0.3, -0.25) is 14.3 Å². The molecule has 2 aromatic heterocycles. The third kappa shape index (κ3) is 6.54. The van der Waals surface area contributed by atoms with Crippen LogP contribution in [-0.4, -0.2) is 33.4 Å². The molecule has 0 aliphatic rings. The topological polar surface area (TPSA) is 92.5 Å². The number of benzene rings is 2. The fourth-order valence-corrected chi connectivity index (χ4v) is 3.97. The Morgan fingerprint density at radius 2 is 1.70 bits per heavy atom. The summed E-state index contributed by atoms with van der Waals surface area (Å²) in [7, 11) is 3.45. The molecule has 0 fully saturated rings. The van der Waals surface area contributed by atoms with E-state index in [-0.39, 0.29) is 25.1 Å². The quantitative estimate of drug-likeness (QED) is 0.246. The molecule has 1 unspecified atom stereocenters. The van der Waals surface area contributed by atoms with E-state index < -0.39 is 11.3 Å².